The van der Waals surface area contributed by atoms with Crippen LogP contribution in [0.15, 0.2) is 24.3 Å². The van der Waals surface area contributed by atoms with Gasteiger partial charge in [-0.3, -0.25) is 0 Å². The van der Waals surface area contributed by atoms with Crippen LogP contribution in [0.3, 0.4) is 0 Å². The number of carbonyl (C=O) groups is 2. The summed E-state index contributed by atoms with van der Waals surface area (Å²) in [6.07, 6.45) is 0. The Morgan fingerprint density at radius 1 is 1.06 bits per heavy atom. The Bertz CT molecular complexity index is 400. The summed E-state index contributed by atoms with van der Waals surface area (Å²) in [5.74, 6) is -0.982. The molecule has 0 N–H and O–H groups in total. The van der Waals surface area contributed by atoms with E-state index >= 15 is 0 Å². The van der Waals surface area contributed by atoms with Crippen LogP contribution in [0.5, 0.6) is 0 Å². The summed E-state index contributed by atoms with van der Waals surface area (Å²) in [4.78, 5) is 22.8. The molecule has 0 aliphatic rings. The maximum atomic E-state index is 11.6. The molecule has 0 saturated heterocycles. The van der Waals surface area contributed by atoms with Crippen molar-refractivity contribution in [3.05, 3.63) is 35.4 Å². The maximum absolute atomic E-state index is 11.6. The molecule has 92 valence electrons. The highest BCUT2D eigenvalue weighted by molar-refractivity contribution is 5.95. The smallest absolute Gasteiger partial charge is 0.338 e. The lowest BCUT2D eigenvalue weighted by Crippen LogP contribution is -2.11. The number of esters is 2. The number of rotatable bonds is 5. The van der Waals surface area contributed by atoms with E-state index in [2.05, 4.69) is 4.74 Å². The number of benzene rings is 1. The molecule has 0 aromatic heterocycles. The van der Waals surface area contributed by atoms with Gasteiger partial charge >= 0.3 is 11.9 Å². The van der Waals surface area contributed by atoms with E-state index in [0.29, 0.717) is 17.7 Å². The Morgan fingerprint density at radius 3 is 2.29 bits per heavy atom. The zero-order chi connectivity index (χ0) is 12.7. The molecule has 0 heterocycles. The van der Waals surface area contributed by atoms with Gasteiger partial charge in [0.25, 0.3) is 0 Å². The summed E-state index contributed by atoms with van der Waals surface area (Å²) >= 11 is 0. The van der Waals surface area contributed by atoms with Crippen LogP contribution in [-0.4, -0.2) is 39.4 Å². The topological polar surface area (TPSA) is 61.8 Å². The number of hydrogen-bond donors (Lipinski definition) is 0. The molecule has 0 aliphatic heterocycles. The third-order valence-corrected chi connectivity index (χ3v) is 2.04. The van der Waals surface area contributed by atoms with Gasteiger partial charge in [0.2, 0.25) is 0 Å². The van der Waals surface area contributed by atoms with E-state index in [-0.39, 0.29) is 6.61 Å². The van der Waals surface area contributed by atoms with Gasteiger partial charge in [0.15, 0.2) is 0 Å². The second-order valence-electron chi connectivity index (χ2n) is 3.20. The molecule has 1 aromatic carbocycles. The van der Waals surface area contributed by atoms with Crippen molar-refractivity contribution in [3.63, 3.8) is 0 Å². The Balaban J connectivity index is 2.70. The van der Waals surface area contributed by atoms with Crippen LogP contribution in [0.25, 0.3) is 0 Å². The van der Waals surface area contributed by atoms with E-state index in [0.717, 1.165) is 0 Å². The van der Waals surface area contributed by atoms with Gasteiger partial charge in [0.1, 0.15) is 6.61 Å². The van der Waals surface area contributed by atoms with E-state index in [4.69, 9.17) is 9.47 Å². The fraction of sp³-hybridized carbons (Fsp3) is 0.333. The first kappa shape index (κ1) is 13.2. The average molecular weight is 238 g/mol. The fourth-order valence-electron chi connectivity index (χ4n) is 1.19. The van der Waals surface area contributed by atoms with E-state index in [1.165, 1.54) is 20.3 Å². The van der Waals surface area contributed by atoms with Crippen LogP contribution in [0.2, 0.25) is 0 Å². The zero-order valence-electron chi connectivity index (χ0n) is 9.76. The fourth-order valence-corrected chi connectivity index (χ4v) is 1.19. The lowest BCUT2D eigenvalue weighted by molar-refractivity contribution is 0.0388. The first-order valence-electron chi connectivity index (χ1n) is 5.03. The molecule has 5 heteroatoms. The Hall–Kier alpha value is -1.88. The number of ether oxygens (including phenoxy) is 3. The summed E-state index contributed by atoms with van der Waals surface area (Å²) in [5, 5.41) is 0. The van der Waals surface area contributed by atoms with Crippen LogP contribution in [0.4, 0.5) is 0 Å². The third-order valence-electron chi connectivity index (χ3n) is 2.04. The second kappa shape index (κ2) is 6.65. The second-order valence-corrected chi connectivity index (χ2v) is 3.20. The van der Waals surface area contributed by atoms with E-state index in [1.807, 2.05) is 0 Å². The summed E-state index contributed by atoms with van der Waals surface area (Å²) in [5.41, 5.74) is 0.623. The minimum absolute atomic E-state index is 0.178. The highest BCUT2D eigenvalue weighted by Crippen LogP contribution is 2.08. The molecular weight excluding hydrogens is 224 g/mol. The predicted molar refractivity (Wildman–Crippen MR) is 59.9 cm³/mol. The highest BCUT2D eigenvalue weighted by Gasteiger charge is 2.11. The lowest BCUT2D eigenvalue weighted by atomic mass is 10.1. The molecule has 0 fully saturated rings. The number of carbonyl (C=O) groups excluding carboxylic acids is 2. The van der Waals surface area contributed by atoms with E-state index < -0.39 is 11.9 Å². The summed E-state index contributed by atoms with van der Waals surface area (Å²) in [7, 11) is 2.80. The standard InChI is InChI=1S/C12H14O5/c1-15-6-7-17-12(14)10-5-3-4-9(8-10)11(13)16-2/h3-5,8H,6-7H2,1-2H3. The Morgan fingerprint density at radius 2 is 1.71 bits per heavy atom. The van der Waals surface area contributed by atoms with Gasteiger partial charge in [-0.05, 0) is 18.2 Å². The monoisotopic (exact) mass is 238 g/mol. The van der Waals surface area contributed by atoms with Crippen molar-refractivity contribution in [2.24, 2.45) is 0 Å². The molecule has 5 nitrogen and oxygen atoms in total. The molecule has 0 radical (unpaired) electrons. The molecule has 1 aromatic rings. The van der Waals surface area contributed by atoms with Gasteiger partial charge in [-0.1, -0.05) is 6.07 Å². The van der Waals surface area contributed by atoms with Crippen molar-refractivity contribution >= 4 is 11.9 Å². The lowest BCUT2D eigenvalue weighted by Gasteiger charge is -2.05. The number of methoxy groups -OCH3 is 2. The predicted octanol–water partition coefficient (Wildman–Crippen LogP) is 1.28. The third kappa shape index (κ3) is 3.88. The van der Waals surface area contributed by atoms with E-state index in [1.54, 1.807) is 18.2 Å². The highest BCUT2D eigenvalue weighted by atomic mass is 16.6. The molecule has 0 spiro atoms. The van der Waals surface area contributed by atoms with Crippen LogP contribution in [0, 0.1) is 0 Å². The molecule has 0 aliphatic carbocycles. The summed E-state index contributed by atoms with van der Waals surface area (Å²) in [6.45, 7) is 0.514. The van der Waals surface area contributed by atoms with Gasteiger partial charge in [0.05, 0.1) is 24.8 Å². The molecule has 0 atom stereocenters. The maximum Gasteiger partial charge on any atom is 0.338 e. The Kier molecular flexibility index (Phi) is 5.16. The SMILES string of the molecule is COCCOC(=O)c1cccc(C(=O)OC)c1. The minimum atomic E-state index is -0.493. The molecule has 0 bridgehead atoms. The largest absolute Gasteiger partial charge is 0.465 e. The van der Waals surface area contributed by atoms with Gasteiger partial charge < -0.3 is 14.2 Å². The molecule has 1 rings (SSSR count). The van der Waals surface area contributed by atoms with Crippen molar-refractivity contribution in [1.82, 2.24) is 0 Å². The van der Waals surface area contributed by atoms with Crippen molar-refractivity contribution in [3.8, 4) is 0 Å². The van der Waals surface area contributed by atoms with Crippen molar-refractivity contribution in [1.29, 1.82) is 0 Å². The first-order valence-corrected chi connectivity index (χ1v) is 5.03. The van der Waals surface area contributed by atoms with Gasteiger partial charge in [-0.2, -0.15) is 0 Å². The molecule has 0 amide bonds. The van der Waals surface area contributed by atoms with E-state index in [9.17, 15) is 9.59 Å². The van der Waals surface area contributed by atoms with Crippen LogP contribution in [0.1, 0.15) is 20.7 Å². The van der Waals surface area contributed by atoms with Crippen molar-refractivity contribution in [2.75, 3.05) is 27.4 Å². The normalized spacial score (nSPS) is 9.76. The quantitative estimate of drug-likeness (QED) is 0.571. The van der Waals surface area contributed by atoms with Crippen molar-refractivity contribution in [2.45, 2.75) is 0 Å². The Labute approximate surface area is 99.3 Å². The van der Waals surface area contributed by atoms with Crippen LogP contribution in [-0.2, 0) is 14.2 Å². The average Bonchev–Trinajstić information content (AvgIpc) is 2.38. The minimum Gasteiger partial charge on any atom is -0.465 e. The first-order chi connectivity index (χ1) is 8.19. The van der Waals surface area contributed by atoms with Crippen LogP contribution >= 0.6 is 0 Å². The zero-order valence-corrected chi connectivity index (χ0v) is 9.76. The van der Waals surface area contributed by atoms with Crippen molar-refractivity contribution < 1.29 is 23.8 Å². The molecule has 0 unspecified atom stereocenters. The van der Waals surface area contributed by atoms with Gasteiger partial charge in [-0.25, -0.2) is 9.59 Å². The van der Waals surface area contributed by atoms with Gasteiger partial charge in [-0.15, -0.1) is 0 Å². The molecule has 0 saturated carbocycles. The summed E-state index contributed by atoms with van der Waals surface area (Å²) < 4.78 is 14.2. The van der Waals surface area contributed by atoms with Gasteiger partial charge in [0, 0.05) is 7.11 Å². The van der Waals surface area contributed by atoms with Crippen LogP contribution < -0.4 is 0 Å². The molecule has 17 heavy (non-hydrogen) atoms. The molecular formula is C12H14O5. The number of hydrogen-bond acceptors (Lipinski definition) is 5. The summed E-state index contributed by atoms with van der Waals surface area (Å²) in [6, 6.07) is 6.17.